The minimum Gasteiger partial charge on any atom is -0.308 e. The Morgan fingerprint density at radius 3 is 2.33 bits per heavy atom. The Labute approximate surface area is 92.6 Å². The van der Waals surface area contributed by atoms with E-state index in [1.54, 1.807) is 0 Å². The lowest BCUT2D eigenvalue weighted by Gasteiger charge is -2.18. The number of carbonyl (C=O) groups excluding carboxylic acids is 1. The van der Waals surface area contributed by atoms with Gasteiger partial charge in [0.2, 0.25) is 5.91 Å². The summed E-state index contributed by atoms with van der Waals surface area (Å²) in [6.45, 7) is 3.17. The van der Waals surface area contributed by atoms with Crippen molar-refractivity contribution in [2.75, 3.05) is 40.8 Å². The number of rotatable bonds is 8. The van der Waals surface area contributed by atoms with Gasteiger partial charge >= 0.3 is 0 Å². The molecule has 0 aromatic rings. The molecule has 1 amide bonds. The molecule has 0 rings (SSSR count). The number of hydrogen-bond donors (Lipinski definition) is 2. The Hall–Kier alpha value is -0.650. The molecule has 0 spiro atoms. The molecule has 0 fully saturated rings. The summed E-state index contributed by atoms with van der Waals surface area (Å²) in [7, 11) is 6.24. The number of amides is 1. The number of hydrogen-bond acceptors (Lipinski definition) is 4. The first kappa shape index (κ1) is 14.3. The fraction of sp³-hybridized carbons (Fsp3) is 0.900. The predicted molar refractivity (Wildman–Crippen MR) is 62.2 cm³/mol. The molecule has 0 aromatic carbocycles. The maximum atomic E-state index is 10.8. The van der Waals surface area contributed by atoms with Crippen molar-refractivity contribution in [2.45, 2.75) is 19.3 Å². The summed E-state index contributed by atoms with van der Waals surface area (Å²) >= 11 is 0. The third-order valence-corrected chi connectivity index (χ3v) is 2.28. The van der Waals surface area contributed by atoms with Gasteiger partial charge in [-0.2, -0.15) is 0 Å². The van der Waals surface area contributed by atoms with E-state index in [9.17, 15) is 4.79 Å². The highest BCUT2D eigenvalue weighted by molar-refractivity contribution is 5.74. The molecule has 5 heteroatoms. The molecule has 0 aliphatic heterocycles. The summed E-state index contributed by atoms with van der Waals surface area (Å²) in [6, 6.07) is 0. The first-order valence-electron chi connectivity index (χ1n) is 5.39. The quantitative estimate of drug-likeness (QED) is 0.252. The number of likely N-dealkylation sites (N-methyl/N-ethyl adjacent to an activating group) is 2. The molecule has 0 heterocycles. The molecule has 0 aliphatic carbocycles. The van der Waals surface area contributed by atoms with Crippen molar-refractivity contribution in [3.63, 3.8) is 0 Å². The van der Waals surface area contributed by atoms with Crippen LogP contribution in [-0.4, -0.2) is 56.5 Å². The number of carbonyl (C=O) groups is 1. The third kappa shape index (κ3) is 9.65. The van der Waals surface area contributed by atoms with Crippen LogP contribution in [-0.2, 0) is 4.79 Å². The van der Waals surface area contributed by atoms with Gasteiger partial charge in [0.1, 0.15) is 0 Å². The molecule has 0 atom stereocenters. The van der Waals surface area contributed by atoms with E-state index in [0.717, 1.165) is 32.5 Å². The van der Waals surface area contributed by atoms with E-state index >= 15 is 0 Å². The van der Waals surface area contributed by atoms with E-state index in [4.69, 9.17) is 5.84 Å². The van der Waals surface area contributed by atoms with Crippen LogP contribution in [0.15, 0.2) is 0 Å². The van der Waals surface area contributed by atoms with Gasteiger partial charge in [0.25, 0.3) is 0 Å². The predicted octanol–water partition coefficient (Wildman–Crippen LogP) is -0.360. The lowest BCUT2D eigenvalue weighted by atomic mass is 10.2. The van der Waals surface area contributed by atoms with Gasteiger partial charge in [-0.1, -0.05) is 0 Å². The van der Waals surface area contributed by atoms with Gasteiger partial charge in [-0.25, -0.2) is 5.84 Å². The molecular formula is C10H24N4O. The number of nitrogens with zero attached hydrogens (tertiary/aromatic N) is 2. The first-order chi connectivity index (χ1) is 7.06. The molecule has 0 radical (unpaired) electrons. The summed E-state index contributed by atoms with van der Waals surface area (Å²) in [5.41, 5.74) is 2.13. The van der Waals surface area contributed by atoms with Crippen LogP contribution < -0.4 is 11.3 Å². The van der Waals surface area contributed by atoms with Crippen LogP contribution in [0, 0.1) is 0 Å². The molecule has 3 N–H and O–H groups in total. The smallest absolute Gasteiger partial charge is 0.233 e. The lowest BCUT2D eigenvalue weighted by Crippen LogP contribution is -2.31. The SMILES string of the molecule is CN(C)CCN(C)CCCCC(=O)NN. The van der Waals surface area contributed by atoms with Gasteiger partial charge in [-0.05, 0) is 40.5 Å². The summed E-state index contributed by atoms with van der Waals surface area (Å²) in [4.78, 5) is 15.3. The average Bonchev–Trinajstić information content (AvgIpc) is 2.21. The Balaban J connectivity index is 3.31. The molecule has 0 saturated carbocycles. The highest BCUT2D eigenvalue weighted by Crippen LogP contribution is 1.97. The van der Waals surface area contributed by atoms with Crippen molar-refractivity contribution in [3.05, 3.63) is 0 Å². The van der Waals surface area contributed by atoms with Crippen LogP contribution >= 0.6 is 0 Å². The van der Waals surface area contributed by atoms with E-state index in [2.05, 4.69) is 36.4 Å². The van der Waals surface area contributed by atoms with Crippen molar-refractivity contribution in [1.82, 2.24) is 15.2 Å². The Morgan fingerprint density at radius 2 is 1.80 bits per heavy atom. The summed E-state index contributed by atoms with van der Waals surface area (Å²) in [5, 5.41) is 0. The standard InChI is InChI=1S/C10H24N4O/c1-13(2)8-9-14(3)7-5-4-6-10(15)12-11/h4-9,11H2,1-3H3,(H,12,15). The molecule has 0 saturated heterocycles. The highest BCUT2D eigenvalue weighted by atomic mass is 16.2. The molecule has 0 unspecified atom stereocenters. The summed E-state index contributed by atoms with van der Waals surface area (Å²) in [6.07, 6.45) is 2.46. The molecule has 0 aliphatic rings. The molecule has 0 bridgehead atoms. The van der Waals surface area contributed by atoms with E-state index in [-0.39, 0.29) is 5.91 Å². The van der Waals surface area contributed by atoms with Gasteiger partial charge in [0.05, 0.1) is 0 Å². The Morgan fingerprint density at radius 1 is 1.13 bits per heavy atom. The van der Waals surface area contributed by atoms with Crippen molar-refractivity contribution in [3.8, 4) is 0 Å². The zero-order valence-electron chi connectivity index (χ0n) is 10.1. The normalized spacial score (nSPS) is 11.1. The van der Waals surface area contributed by atoms with Crippen LogP contribution in [0.3, 0.4) is 0 Å². The van der Waals surface area contributed by atoms with Crippen LogP contribution in [0.4, 0.5) is 0 Å². The van der Waals surface area contributed by atoms with Crippen LogP contribution in [0.1, 0.15) is 19.3 Å². The van der Waals surface area contributed by atoms with Crippen molar-refractivity contribution in [1.29, 1.82) is 0 Å². The van der Waals surface area contributed by atoms with Crippen LogP contribution in [0.2, 0.25) is 0 Å². The van der Waals surface area contributed by atoms with Gasteiger partial charge in [-0.3, -0.25) is 10.2 Å². The van der Waals surface area contributed by atoms with E-state index in [1.807, 2.05) is 0 Å². The first-order valence-corrected chi connectivity index (χ1v) is 5.39. The van der Waals surface area contributed by atoms with Crippen molar-refractivity contribution < 1.29 is 4.79 Å². The molecule has 0 aromatic heterocycles. The van der Waals surface area contributed by atoms with Gasteiger partial charge < -0.3 is 9.80 Å². The zero-order valence-corrected chi connectivity index (χ0v) is 10.1. The van der Waals surface area contributed by atoms with E-state index < -0.39 is 0 Å². The molecule has 15 heavy (non-hydrogen) atoms. The number of hydrazine groups is 1. The maximum Gasteiger partial charge on any atom is 0.233 e. The van der Waals surface area contributed by atoms with Crippen LogP contribution in [0.25, 0.3) is 0 Å². The monoisotopic (exact) mass is 216 g/mol. The Kier molecular flexibility index (Phi) is 8.27. The molecule has 5 nitrogen and oxygen atoms in total. The second-order valence-electron chi connectivity index (χ2n) is 4.13. The number of unbranched alkanes of at least 4 members (excludes halogenated alkanes) is 1. The van der Waals surface area contributed by atoms with E-state index in [1.165, 1.54) is 0 Å². The van der Waals surface area contributed by atoms with Crippen molar-refractivity contribution in [2.24, 2.45) is 5.84 Å². The maximum absolute atomic E-state index is 10.8. The fourth-order valence-corrected chi connectivity index (χ4v) is 1.22. The van der Waals surface area contributed by atoms with Gasteiger partial charge in [0, 0.05) is 19.5 Å². The average molecular weight is 216 g/mol. The van der Waals surface area contributed by atoms with E-state index in [0.29, 0.717) is 6.42 Å². The Bertz CT molecular complexity index is 173. The largest absolute Gasteiger partial charge is 0.308 e. The van der Waals surface area contributed by atoms with Crippen molar-refractivity contribution >= 4 is 5.91 Å². The van der Waals surface area contributed by atoms with Gasteiger partial charge in [-0.15, -0.1) is 0 Å². The molecular weight excluding hydrogens is 192 g/mol. The second kappa shape index (κ2) is 8.64. The lowest BCUT2D eigenvalue weighted by molar-refractivity contribution is -0.121. The van der Waals surface area contributed by atoms with Crippen LogP contribution in [0.5, 0.6) is 0 Å². The highest BCUT2D eigenvalue weighted by Gasteiger charge is 2.01. The summed E-state index contributed by atoms with van der Waals surface area (Å²) < 4.78 is 0. The third-order valence-electron chi connectivity index (χ3n) is 2.28. The minimum absolute atomic E-state index is 0.0778. The zero-order chi connectivity index (χ0) is 11.7. The second-order valence-corrected chi connectivity index (χ2v) is 4.13. The number of nitrogens with two attached hydrogens (primary N) is 1. The topological polar surface area (TPSA) is 61.6 Å². The summed E-state index contributed by atoms with van der Waals surface area (Å²) in [5.74, 6) is 4.90. The van der Waals surface area contributed by atoms with Gasteiger partial charge in [0.15, 0.2) is 0 Å². The molecule has 90 valence electrons. The fourth-order valence-electron chi connectivity index (χ4n) is 1.22. The number of nitrogens with one attached hydrogen (secondary N) is 1. The minimum atomic E-state index is -0.0778.